The lowest BCUT2D eigenvalue weighted by Crippen LogP contribution is -2.32. The van der Waals surface area contributed by atoms with Crippen molar-refractivity contribution in [3.05, 3.63) is 55.8 Å². The molecule has 0 saturated heterocycles. The Hall–Kier alpha value is -2.44. The molecule has 150 valence electrons. The maximum Gasteiger partial charge on any atom is 0.269 e. The molecule has 0 spiro atoms. The Labute approximate surface area is 178 Å². The standard InChI is InChI=1S/C22H23ClN4OS/c1-11-13(3)29-19-16(11)18-17(12(2)24-19)20(28)27(15-9-7-14(23)8-10-15)21(25-18)26-22(4,5)6/h7-10H,1-6H3,(H,25,26). The van der Waals surface area contributed by atoms with Gasteiger partial charge in [-0.05, 0) is 71.4 Å². The molecule has 3 aromatic heterocycles. The minimum absolute atomic E-state index is 0.140. The molecule has 3 heterocycles. The number of aromatic nitrogens is 3. The number of aryl methyl sites for hydroxylation is 3. The van der Waals surface area contributed by atoms with Crippen molar-refractivity contribution in [2.24, 2.45) is 0 Å². The van der Waals surface area contributed by atoms with Crippen LogP contribution in [0.25, 0.3) is 26.8 Å². The van der Waals surface area contributed by atoms with Crippen LogP contribution in [0.5, 0.6) is 0 Å². The van der Waals surface area contributed by atoms with Gasteiger partial charge in [0.25, 0.3) is 5.56 Å². The van der Waals surface area contributed by atoms with E-state index in [1.165, 1.54) is 4.88 Å². The van der Waals surface area contributed by atoms with Crippen molar-refractivity contribution in [1.82, 2.24) is 14.5 Å². The van der Waals surface area contributed by atoms with Gasteiger partial charge < -0.3 is 5.32 Å². The first kappa shape index (κ1) is 19.9. The molecular weight excluding hydrogens is 404 g/mol. The van der Waals surface area contributed by atoms with Gasteiger partial charge >= 0.3 is 0 Å². The van der Waals surface area contributed by atoms with Crippen LogP contribution < -0.4 is 10.9 Å². The van der Waals surface area contributed by atoms with Gasteiger partial charge in [-0.1, -0.05) is 11.6 Å². The highest BCUT2D eigenvalue weighted by Gasteiger charge is 2.22. The van der Waals surface area contributed by atoms with Crippen LogP contribution >= 0.6 is 22.9 Å². The summed E-state index contributed by atoms with van der Waals surface area (Å²) in [6.45, 7) is 12.1. The summed E-state index contributed by atoms with van der Waals surface area (Å²) in [7, 11) is 0. The number of fused-ring (bicyclic) bond motifs is 3. The van der Waals surface area contributed by atoms with Crippen LogP contribution in [0.15, 0.2) is 29.1 Å². The predicted molar refractivity (Wildman–Crippen MR) is 123 cm³/mol. The van der Waals surface area contributed by atoms with Gasteiger partial charge in [0.15, 0.2) is 0 Å². The molecule has 0 saturated carbocycles. The molecule has 0 amide bonds. The Balaban J connectivity index is 2.18. The quantitative estimate of drug-likeness (QED) is 0.441. The summed E-state index contributed by atoms with van der Waals surface area (Å²) in [5, 5.41) is 5.54. The zero-order chi connectivity index (χ0) is 21.1. The molecule has 1 aromatic carbocycles. The van der Waals surface area contributed by atoms with Crippen LogP contribution in [0.1, 0.15) is 36.9 Å². The maximum atomic E-state index is 13.7. The molecule has 0 bridgehead atoms. The van der Waals surface area contributed by atoms with E-state index in [-0.39, 0.29) is 11.1 Å². The number of nitrogens with zero attached hydrogens (tertiary/aromatic N) is 3. The monoisotopic (exact) mass is 426 g/mol. The minimum atomic E-state index is -0.276. The summed E-state index contributed by atoms with van der Waals surface area (Å²) >= 11 is 7.70. The zero-order valence-electron chi connectivity index (χ0n) is 17.3. The van der Waals surface area contributed by atoms with E-state index < -0.39 is 0 Å². The molecule has 0 unspecified atom stereocenters. The normalized spacial score (nSPS) is 12.1. The second-order valence-corrected chi connectivity index (χ2v) is 9.95. The number of hydrogen-bond donors (Lipinski definition) is 1. The minimum Gasteiger partial charge on any atom is -0.351 e. The van der Waals surface area contributed by atoms with E-state index >= 15 is 0 Å². The first-order valence-corrected chi connectivity index (χ1v) is 10.6. The zero-order valence-corrected chi connectivity index (χ0v) is 18.9. The van der Waals surface area contributed by atoms with Crippen molar-refractivity contribution in [2.75, 3.05) is 5.32 Å². The molecule has 0 fully saturated rings. The molecule has 4 aromatic rings. The van der Waals surface area contributed by atoms with Crippen molar-refractivity contribution in [3.63, 3.8) is 0 Å². The lowest BCUT2D eigenvalue weighted by Gasteiger charge is -2.24. The Bertz CT molecular complexity index is 1310. The van der Waals surface area contributed by atoms with Crippen LogP contribution in [-0.4, -0.2) is 20.1 Å². The molecule has 0 aliphatic rings. The summed E-state index contributed by atoms with van der Waals surface area (Å²) in [6, 6.07) is 7.20. The smallest absolute Gasteiger partial charge is 0.269 e. The third kappa shape index (κ3) is 3.40. The first-order valence-electron chi connectivity index (χ1n) is 9.44. The molecule has 0 aliphatic heterocycles. The predicted octanol–water partition coefficient (Wildman–Crippen LogP) is 5.78. The van der Waals surface area contributed by atoms with Gasteiger partial charge in [0.2, 0.25) is 5.95 Å². The first-order chi connectivity index (χ1) is 13.6. The number of hydrogen-bond acceptors (Lipinski definition) is 5. The number of benzene rings is 1. The highest BCUT2D eigenvalue weighted by atomic mass is 35.5. The summed E-state index contributed by atoms with van der Waals surface area (Å²) in [6.07, 6.45) is 0. The summed E-state index contributed by atoms with van der Waals surface area (Å²) in [5.41, 5.74) is 2.81. The van der Waals surface area contributed by atoms with Gasteiger partial charge in [0.1, 0.15) is 4.83 Å². The molecule has 7 heteroatoms. The van der Waals surface area contributed by atoms with Gasteiger partial charge in [-0.15, -0.1) is 11.3 Å². The molecule has 0 aliphatic carbocycles. The molecule has 0 radical (unpaired) electrons. The maximum absolute atomic E-state index is 13.7. The number of pyridine rings is 1. The molecule has 1 N–H and O–H groups in total. The average molecular weight is 427 g/mol. The fourth-order valence-corrected chi connectivity index (χ4v) is 4.66. The second kappa shape index (κ2) is 6.82. The van der Waals surface area contributed by atoms with E-state index in [1.54, 1.807) is 28.0 Å². The fourth-order valence-electron chi connectivity index (χ4n) is 3.45. The number of nitrogens with one attached hydrogen (secondary N) is 1. The van der Waals surface area contributed by atoms with Crippen molar-refractivity contribution in [2.45, 2.75) is 47.1 Å². The van der Waals surface area contributed by atoms with E-state index in [2.05, 4.69) is 19.2 Å². The molecule has 29 heavy (non-hydrogen) atoms. The average Bonchev–Trinajstić information content (AvgIpc) is 2.88. The van der Waals surface area contributed by atoms with Crippen molar-refractivity contribution < 1.29 is 0 Å². The largest absolute Gasteiger partial charge is 0.351 e. The van der Waals surface area contributed by atoms with Crippen molar-refractivity contribution in [3.8, 4) is 5.69 Å². The third-order valence-corrected chi connectivity index (χ3v) is 6.24. The summed E-state index contributed by atoms with van der Waals surface area (Å²) in [5.74, 6) is 0.507. The van der Waals surface area contributed by atoms with Gasteiger partial charge in [0, 0.05) is 20.8 Å². The lowest BCUT2D eigenvalue weighted by molar-refractivity contribution is 0.621. The summed E-state index contributed by atoms with van der Waals surface area (Å²) < 4.78 is 1.61. The van der Waals surface area contributed by atoms with Gasteiger partial charge in [-0.25, -0.2) is 14.5 Å². The summed E-state index contributed by atoms with van der Waals surface area (Å²) in [4.78, 5) is 25.5. The Morgan fingerprint density at radius 3 is 2.31 bits per heavy atom. The van der Waals surface area contributed by atoms with Crippen molar-refractivity contribution in [1.29, 1.82) is 0 Å². The van der Waals surface area contributed by atoms with E-state index in [0.717, 1.165) is 15.8 Å². The second-order valence-electron chi connectivity index (χ2n) is 8.31. The van der Waals surface area contributed by atoms with Gasteiger partial charge in [0.05, 0.1) is 22.3 Å². The highest BCUT2D eigenvalue weighted by Crippen LogP contribution is 2.34. The molecule has 0 atom stereocenters. The molecule has 4 rings (SSSR count). The fraction of sp³-hybridized carbons (Fsp3) is 0.318. The van der Waals surface area contributed by atoms with Crippen LogP contribution in [0.3, 0.4) is 0 Å². The van der Waals surface area contributed by atoms with Crippen LogP contribution in [-0.2, 0) is 0 Å². The Morgan fingerprint density at radius 2 is 1.69 bits per heavy atom. The number of anilines is 1. The van der Waals surface area contributed by atoms with Gasteiger partial charge in [-0.3, -0.25) is 4.79 Å². The Kier molecular flexibility index (Phi) is 4.67. The molecular formula is C22H23ClN4OS. The number of thiophene rings is 1. The number of halogens is 1. The SMILES string of the molecule is Cc1sc2nc(C)c3c(=O)n(-c4ccc(Cl)cc4)c(NC(C)(C)C)nc3c2c1C. The van der Waals surface area contributed by atoms with Crippen LogP contribution in [0.4, 0.5) is 5.95 Å². The van der Waals surface area contributed by atoms with Crippen LogP contribution in [0, 0.1) is 20.8 Å². The topological polar surface area (TPSA) is 59.8 Å². The van der Waals surface area contributed by atoms with E-state index in [0.29, 0.717) is 33.3 Å². The van der Waals surface area contributed by atoms with Gasteiger partial charge in [-0.2, -0.15) is 0 Å². The Morgan fingerprint density at radius 1 is 1.03 bits per heavy atom. The molecule has 5 nitrogen and oxygen atoms in total. The van der Waals surface area contributed by atoms with Crippen LogP contribution in [0.2, 0.25) is 5.02 Å². The number of rotatable bonds is 2. The van der Waals surface area contributed by atoms with E-state index in [9.17, 15) is 4.79 Å². The lowest BCUT2D eigenvalue weighted by atomic mass is 10.1. The van der Waals surface area contributed by atoms with Crippen molar-refractivity contribution >= 4 is 50.0 Å². The van der Waals surface area contributed by atoms with E-state index in [4.69, 9.17) is 21.6 Å². The third-order valence-electron chi connectivity index (χ3n) is 4.89. The highest BCUT2D eigenvalue weighted by molar-refractivity contribution is 7.18. The van der Waals surface area contributed by atoms with E-state index in [1.807, 2.05) is 39.8 Å².